The molecule has 0 aliphatic heterocycles. The van der Waals surface area contributed by atoms with Crippen LogP contribution >= 0.6 is 0 Å². The maximum atomic E-state index is 11.8. The zero-order valence-corrected chi connectivity index (χ0v) is 21.9. The molecule has 0 heterocycles. The first-order valence-electron chi connectivity index (χ1n) is 11.8. The van der Waals surface area contributed by atoms with Gasteiger partial charge in [-0.3, -0.25) is 4.55 Å². The van der Waals surface area contributed by atoms with Gasteiger partial charge in [0.2, 0.25) is 0 Å². The standard InChI is InChI=1S/C24H46O7S/c1-8-9-10-11-12-13-14-15-21(18-29-22(25)20(2)3)19-31-23(4,5)16-17-30-24(6,7)32(26,27)28/h21H,2,8-19H2,1,3-7H3,(H,26,27,28). The van der Waals surface area contributed by atoms with Gasteiger partial charge in [-0.1, -0.05) is 58.4 Å². The number of rotatable bonds is 19. The van der Waals surface area contributed by atoms with Crippen LogP contribution in [0.3, 0.4) is 0 Å². The fraction of sp³-hybridized carbons (Fsp3) is 0.875. The average molecular weight is 479 g/mol. The van der Waals surface area contributed by atoms with Gasteiger partial charge in [-0.15, -0.1) is 0 Å². The van der Waals surface area contributed by atoms with Crippen molar-refractivity contribution in [2.24, 2.45) is 5.92 Å². The minimum atomic E-state index is -4.31. The van der Waals surface area contributed by atoms with Crippen molar-refractivity contribution in [1.82, 2.24) is 0 Å². The molecule has 1 atom stereocenters. The molecule has 0 bridgehead atoms. The molecule has 0 amide bonds. The van der Waals surface area contributed by atoms with Gasteiger partial charge in [0.25, 0.3) is 10.1 Å². The van der Waals surface area contributed by atoms with Crippen LogP contribution < -0.4 is 0 Å². The Bertz CT molecular complexity index is 653. The van der Waals surface area contributed by atoms with Crippen molar-refractivity contribution in [3.05, 3.63) is 12.2 Å². The van der Waals surface area contributed by atoms with Crippen LogP contribution in [0.15, 0.2) is 12.2 Å². The third-order valence-corrected chi connectivity index (χ3v) is 6.86. The number of esters is 1. The number of unbranched alkanes of at least 4 members (excludes halogenated alkanes) is 6. The predicted octanol–water partition coefficient (Wildman–Crippen LogP) is 5.69. The molecule has 0 aromatic rings. The molecule has 0 fully saturated rings. The summed E-state index contributed by atoms with van der Waals surface area (Å²) in [4.78, 5) is 10.1. The topological polar surface area (TPSA) is 99.1 Å². The second-order valence-corrected chi connectivity index (χ2v) is 11.6. The molecular formula is C24H46O7S. The lowest BCUT2D eigenvalue weighted by Gasteiger charge is -2.30. The van der Waals surface area contributed by atoms with E-state index in [0.717, 1.165) is 19.3 Å². The summed E-state index contributed by atoms with van der Waals surface area (Å²) < 4.78 is 48.7. The molecule has 7 nitrogen and oxygen atoms in total. The Morgan fingerprint density at radius 3 is 2.06 bits per heavy atom. The molecule has 0 saturated heterocycles. The van der Waals surface area contributed by atoms with E-state index in [9.17, 15) is 17.8 Å². The van der Waals surface area contributed by atoms with Crippen molar-refractivity contribution in [2.75, 3.05) is 19.8 Å². The summed E-state index contributed by atoms with van der Waals surface area (Å²) >= 11 is 0. The highest BCUT2D eigenvalue weighted by molar-refractivity contribution is 7.87. The monoisotopic (exact) mass is 478 g/mol. The number of hydrogen-bond donors (Lipinski definition) is 1. The first kappa shape index (κ1) is 31.0. The van der Waals surface area contributed by atoms with E-state index in [1.807, 2.05) is 13.8 Å². The van der Waals surface area contributed by atoms with Gasteiger partial charge in [0.15, 0.2) is 4.93 Å². The van der Waals surface area contributed by atoms with Gasteiger partial charge in [-0.05, 0) is 47.5 Å². The first-order valence-corrected chi connectivity index (χ1v) is 13.2. The zero-order valence-electron chi connectivity index (χ0n) is 21.1. The Morgan fingerprint density at radius 1 is 0.969 bits per heavy atom. The van der Waals surface area contributed by atoms with E-state index in [4.69, 9.17) is 14.2 Å². The van der Waals surface area contributed by atoms with Crippen molar-refractivity contribution in [3.8, 4) is 0 Å². The van der Waals surface area contributed by atoms with Crippen molar-refractivity contribution >= 4 is 16.1 Å². The van der Waals surface area contributed by atoms with E-state index in [1.165, 1.54) is 46.0 Å². The molecule has 190 valence electrons. The number of carbonyl (C=O) groups is 1. The first-order chi connectivity index (χ1) is 14.7. The van der Waals surface area contributed by atoms with Crippen LogP contribution in [0.4, 0.5) is 0 Å². The molecule has 32 heavy (non-hydrogen) atoms. The molecular weight excluding hydrogens is 432 g/mol. The molecule has 1 unspecified atom stereocenters. The van der Waals surface area contributed by atoms with Gasteiger partial charge >= 0.3 is 5.97 Å². The second-order valence-electron chi connectivity index (χ2n) is 9.70. The third-order valence-electron chi connectivity index (χ3n) is 5.50. The van der Waals surface area contributed by atoms with Crippen LogP contribution in [0.1, 0.15) is 99.3 Å². The summed E-state index contributed by atoms with van der Waals surface area (Å²) in [6.07, 6.45) is 9.83. The normalized spacial score (nSPS) is 13.7. The van der Waals surface area contributed by atoms with Crippen LogP contribution in [-0.4, -0.2) is 49.3 Å². The highest BCUT2D eigenvalue weighted by Crippen LogP contribution is 2.22. The van der Waals surface area contributed by atoms with E-state index in [0.29, 0.717) is 18.6 Å². The molecule has 0 aliphatic carbocycles. The lowest BCUT2D eigenvalue weighted by Crippen LogP contribution is -2.37. The second kappa shape index (κ2) is 15.0. The van der Waals surface area contributed by atoms with Gasteiger partial charge in [-0.25, -0.2) is 4.79 Å². The van der Waals surface area contributed by atoms with Crippen LogP contribution in [0.5, 0.6) is 0 Å². The predicted molar refractivity (Wildman–Crippen MR) is 128 cm³/mol. The summed E-state index contributed by atoms with van der Waals surface area (Å²) in [5, 5.41) is 0. The van der Waals surface area contributed by atoms with Crippen LogP contribution in [-0.2, 0) is 29.1 Å². The third kappa shape index (κ3) is 14.2. The smallest absolute Gasteiger partial charge is 0.333 e. The minimum Gasteiger partial charge on any atom is -0.462 e. The van der Waals surface area contributed by atoms with Crippen molar-refractivity contribution < 1.29 is 32.0 Å². The van der Waals surface area contributed by atoms with E-state index in [1.54, 1.807) is 6.92 Å². The zero-order chi connectivity index (χ0) is 24.8. The number of carbonyl (C=O) groups excluding carboxylic acids is 1. The van der Waals surface area contributed by atoms with Gasteiger partial charge in [-0.2, -0.15) is 8.42 Å². The fourth-order valence-electron chi connectivity index (χ4n) is 2.95. The van der Waals surface area contributed by atoms with E-state index in [-0.39, 0.29) is 19.1 Å². The maximum absolute atomic E-state index is 11.8. The van der Waals surface area contributed by atoms with Crippen molar-refractivity contribution in [3.63, 3.8) is 0 Å². The van der Waals surface area contributed by atoms with E-state index in [2.05, 4.69) is 13.5 Å². The minimum absolute atomic E-state index is 0.0726. The van der Waals surface area contributed by atoms with E-state index >= 15 is 0 Å². The maximum Gasteiger partial charge on any atom is 0.333 e. The van der Waals surface area contributed by atoms with Crippen molar-refractivity contribution in [1.29, 1.82) is 0 Å². The Morgan fingerprint density at radius 2 is 1.53 bits per heavy atom. The van der Waals surface area contributed by atoms with Crippen LogP contribution in [0.25, 0.3) is 0 Å². The summed E-state index contributed by atoms with van der Waals surface area (Å²) in [7, 11) is -4.31. The highest BCUT2D eigenvalue weighted by Gasteiger charge is 2.34. The molecule has 0 radical (unpaired) electrons. The SMILES string of the molecule is C=C(C)C(=O)OCC(CCCCCCCCC)COC(C)(C)CCOC(C)(C)S(=O)(=O)O. The quantitative estimate of drug-likeness (QED) is 0.110. The highest BCUT2D eigenvalue weighted by atomic mass is 32.2. The molecule has 1 N–H and O–H groups in total. The Hall–Kier alpha value is -0.960. The largest absolute Gasteiger partial charge is 0.462 e. The Balaban J connectivity index is 4.59. The van der Waals surface area contributed by atoms with Crippen LogP contribution in [0, 0.1) is 5.92 Å². The molecule has 0 aliphatic rings. The number of hydrogen-bond acceptors (Lipinski definition) is 6. The summed E-state index contributed by atoms with van der Waals surface area (Å²) in [6.45, 7) is 14.7. The molecule has 0 aromatic heterocycles. The molecule has 0 aromatic carbocycles. The van der Waals surface area contributed by atoms with Crippen molar-refractivity contribution in [2.45, 2.75) is 110 Å². The van der Waals surface area contributed by atoms with Crippen LogP contribution in [0.2, 0.25) is 0 Å². The summed E-state index contributed by atoms with van der Waals surface area (Å²) in [6, 6.07) is 0. The van der Waals surface area contributed by atoms with Gasteiger partial charge < -0.3 is 14.2 Å². The lowest BCUT2D eigenvalue weighted by atomic mass is 10.00. The summed E-state index contributed by atoms with van der Waals surface area (Å²) in [5.74, 6) is -0.321. The Kier molecular flexibility index (Phi) is 14.6. The average Bonchev–Trinajstić information content (AvgIpc) is 2.67. The molecule has 8 heteroatoms. The molecule has 0 rings (SSSR count). The molecule has 0 saturated carbocycles. The molecule has 0 spiro atoms. The van der Waals surface area contributed by atoms with Gasteiger partial charge in [0, 0.05) is 11.5 Å². The van der Waals surface area contributed by atoms with Gasteiger partial charge in [0.05, 0.1) is 25.4 Å². The Labute approximate surface area is 196 Å². The van der Waals surface area contributed by atoms with Gasteiger partial charge in [0.1, 0.15) is 0 Å². The fourth-order valence-corrected chi connectivity index (χ4v) is 3.19. The van der Waals surface area contributed by atoms with E-state index < -0.39 is 26.6 Å². The lowest BCUT2D eigenvalue weighted by molar-refractivity contribution is -0.142. The summed E-state index contributed by atoms with van der Waals surface area (Å²) in [5.41, 5.74) is -0.189. The number of ether oxygens (including phenoxy) is 3.